The van der Waals surface area contributed by atoms with Crippen molar-refractivity contribution >= 4 is 11.8 Å². The molecule has 3 N–H and O–H groups in total. The molecule has 0 spiro atoms. The molecule has 1 aliphatic carbocycles. The molecule has 1 heterocycles. The van der Waals surface area contributed by atoms with Crippen molar-refractivity contribution in [2.45, 2.75) is 38.3 Å². The molecule has 0 radical (unpaired) electrons. The summed E-state index contributed by atoms with van der Waals surface area (Å²) in [5.41, 5.74) is 5.06. The van der Waals surface area contributed by atoms with E-state index in [1.54, 1.807) is 14.1 Å². The van der Waals surface area contributed by atoms with E-state index in [4.69, 9.17) is 10.5 Å². The lowest BCUT2D eigenvalue weighted by atomic mass is 9.46. The van der Waals surface area contributed by atoms with Crippen molar-refractivity contribution in [1.29, 1.82) is 0 Å². The molecule has 1 saturated heterocycles. The fourth-order valence-corrected chi connectivity index (χ4v) is 3.50. The summed E-state index contributed by atoms with van der Waals surface area (Å²) in [5, 5.41) is 2.68. The van der Waals surface area contributed by atoms with E-state index in [0.717, 1.165) is 19.4 Å². The molecule has 114 valence electrons. The highest BCUT2D eigenvalue weighted by atomic mass is 16.5. The standard InChI is InChI=1S/C14H25N3O3/c1-13(2)11-9(6-5-7-20-11)14(13,15)12(19)16-8-10(18)17(3)4/h9,11H,5-8,15H2,1-4H3,(H,16,19). The zero-order valence-electron chi connectivity index (χ0n) is 12.7. The summed E-state index contributed by atoms with van der Waals surface area (Å²) in [6, 6.07) is 0. The Labute approximate surface area is 120 Å². The van der Waals surface area contributed by atoms with E-state index in [9.17, 15) is 9.59 Å². The molecule has 3 unspecified atom stereocenters. The van der Waals surface area contributed by atoms with Crippen molar-refractivity contribution in [1.82, 2.24) is 10.2 Å². The van der Waals surface area contributed by atoms with Gasteiger partial charge in [-0.3, -0.25) is 9.59 Å². The Kier molecular flexibility index (Phi) is 3.81. The first-order valence-corrected chi connectivity index (χ1v) is 7.12. The van der Waals surface area contributed by atoms with Crippen molar-refractivity contribution in [3.8, 4) is 0 Å². The quantitative estimate of drug-likeness (QED) is 0.746. The normalized spacial score (nSPS) is 34.6. The van der Waals surface area contributed by atoms with Gasteiger partial charge in [0.25, 0.3) is 0 Å². The highest BCUT2D eigenvalue weighted by Gasteiger charge is 2.70. The van der Waals surface area contributed by atoms with E-state index in [1.165, 1.54) is 4.90 Å². The van der Waals surface area contributed by atoms with Crippen molar-refractivity contribution in [3.05, 3.63) is 0 Å². The Morgan fingerprint density at radius 3 is 2.65 bits per heavy atom. The lowest BCUT2D eigenvalue weighted by Crippen LogP contribution is -2.82. The van der Waals surface area contributed by atoms with E-state index in [2.05, 4.69) is 5.32 Å². The second-order valence-corrected chi connectivity index (χ2v) is 6.60. The van der Waals surface area contributed by atoms with Gasteiger partial charge in [-0.2, -0.15) is 0 Å². The minimum atomic E-state index is -0.954. The summed E-state index contributed by atoms with van der Waals surface area (Å²) >= 11 is 0. The molecule has 0 bridgehead atoms. The van der Waals surface area contributed by atoms with Crippen molar-refractivity contribution in [2.75, 3.05) is 27.2 Å². The Bertz CT molecular complexity index is 422. The third kappa shape index (κ3) is 2.02. The summed E-state index contributed by atoms with van der Waals surface area (Å²) in [5.74, 6) is -0.347. The molecule has 2 rings (SSSR count). The summed E-state index contributed by atoms with van der Waals surface area (Å²) in [6.07, 6.45) is 1.87. The molecule has 2 fully saturated rings. The number of nitrogens with one attached hydrogen (secondary N) is 1. The number of amides is 2. The molecule has 1 saturated carbocycles. The maximum Gasteiger partial charge on any atom is 0.241 e. The average molecular weight is 283 g/mol. The minimum absolute atomic E-state index is 0.0148. The number of rotatable bonds is 3. The minimum Gasteiger partial charge on any atom is -0.377 e. The maximum atomic E-state index is 12.5. The number of nitrogens with zero attached hydrogens (tertiary/aromatic N) is 1. The topological polar surface area (TPSA) is 84.7 Å². The highest BCUT2D eigenvalue weighted by Crippen LogP contribution is 2.57. The van der Waals surface area contributed by atoms with E-state index in [1.807, 2.05) is 13.8 Å². The zero-order valence-corrected chi connectivity index (χ0v) is 12.7. The maximum absolute atomic E-state index is 12.5. The van der Waals surface area contributed by atoms with E-state index >= 15 is 0 Å². The first-order valence-electron chi connectivity index (χ1n) is 7.12. The summed E-state index contributed by atoms with van der Waals surface area (Å²) in [7, 11) is 3.32. The average Bonchev–Trinajstić information content (AvgIpc) is 2.43. The lowest BCUT2D eigenvalue weighted by Gasteiger charge is -2.65. The van der Waals surface area contributed by atoms with Crippen LogP contribution >= 0.6 is 0 Å². The fourth-order valence-electron chi connectivity index (χ4n) is 3.50. The molecule has 2 aliphatic rings. The largest absolute Gasteiger partial charge is 0.377 e. The Balaban J connectivity index is 2.06. The van der Waals surface area contributed by atoms with E-state index < -0.39 is 11.0 Å². The second kappa shape index (κ2) is 5.00. The molecule has 0 aromatic heterocycles. The predicted octanol–water partition coefficient (Wildman–Crippen LogP) is -0.277. The van der Waals surface area contributed by atoms with Gasteiger partial charge in [-0.15, -0.1) is 0 Å². The smallest absolute Gasteiger partial charge is 0.241 e. The Morgan fingerprint density at radius 2 is 2.05 bits per heavy atom. The summed E-state index contributed by atoms with van der Waals surface area (Å²) < 4.78 is 5.77. The molecule has 6 heteroatoms. The van der Waals surface area contributed by atoms with Gasteiger partial charge < -0.3 is 20.7 Å². The number of nitrogens with two attached hydrogens (primary N) is 1. The summed E-state index contributed by atoms with van der Waals surface area (Å²) in [4.78, 5) is 25.5. The van der Waals surface area contributed by atoms with Gasteiger partial charge in [-0.05, 0) is 12.8 Å². The van der Waals surface area contributed by atoms with Crippen LogP contribution in [-0.2, 0) is 14.3 Å². The third-order valence-electron chi connectivity index (χ3n) is 4.96. The van der Waals surface area contributed by atoms with Gasteiger partial charge in [-0.25, -0.2) is 0 Å². The number of hydrogen-bond donors (Lipinski definition) is 2. The molecule has 6 nitrogen and oxygen atoms in total. The molecule has 0 aromatic rings. The van der Waals surface area contributed by atoms with E-state index in [0.29, 0.717) is 0 Å². The highest BCUT2D eigenvalue weighted by molar-refractivity contribution is 5.92. The number of fused-ring (bicyclic) bond motifs is 1. The number of carbonyl (C=O) groups is 2. The van der Waals surface area contributed by atoms with Gasteiger partial charge in [0.1, 0.15) is 5.54 Å². The van der Waals surface area contributed by atoms with Crippen LogP contribution in [-0.4, -0.2) is 55.6 Å². The Hall–Kier alpha value is -1.14. The summed E-state index contributed by atoms with van der Waals surface area (Å²) in [6.45, 7) is 4.65. The fraction of sp³-hybridized carbons (Fsp3) is 0.857. The SMILES string of the molecule is CN(C)C(=O)CNC(=O)C1(N)C2CCCOC2C1(C)C. The van der Waals surface area contributed by atoms with Crippen LogP contribution in [0.3, 0.4) is 0 Å². The van der Waals surface area contributed by atoms with Crippen LogP contribution in [0.15, 0.2) is 0 Å². The number of ether oxygens (including phenoxy) is 1. The van der Waals surface area contributed by atoms with Crippen LogP contribution in [0.2, 0.25) is 0 Å². The van der Waals surface area contributed by atoms with Gasteiger partial charge in [0, 0.05) is 32.0 Å². The first-order chi connectivity index (χ1) is 9.23. The van der Waals surface area contributed by atoms with Gasteiger partial charge in [0.2, 0.25) is 11.8 Å². The number of likely N-dealkylation sites (N-methyl/N-ethyl adjacent to an activating group) is 1. The predicted molar refractivity (Wildman–Crippen MR) is 74.9 cm³/mol. The molecule has 1 aliphatic heterocycles. The van der Waals surface area contributed by atoms with Gasteiger partial charge >= 0.3 is 0 Å². The van der Waals surface area contributed by atoms with Crippen LogP contribution in [0, 0.1) is 11.3 Å². The van der Waals surface area contributed by atoms with Gasteiger partial charge in [0.15, 0.2) is 0 Å². The van der Waals surface area contributed by atoms with Crippen molar-refractivity contribution in [2.24, 2.45) is 17.1 Å². The molecule has 2 amide bonds. The molecular weight excluding hydrogens is 258 g/mol. The van der Waals surface area contributed by atoms with Crippen LogP contribution < -0.4 is 11.1 Å². The third-order valence-corrected chi connectivity index (χ3v) is 4.96. The zero-order chi connectivity index (χ0) is 15.1. The molecule has 20 heavy (non-hydrogen) atoms. The number of hydrogen-bond acceptors (Lipinski definition) is 4. The van der Waals surface area contributed by atoms with Crippen molar-refractivity contribution in [3.63, 3.8) is 0 Å². The van der Waals surface area contributed by atoms with Crippen LogP contribution in [0.1, 0.15) is 26.7 Å². The van der Waals surface area contributed by atoms with Crippen LogP contribution in [0.25, 0.3) is 0 Å². The molecule has 0 aromatic carbocycles. The monoisotopic (exact) mass is 283 g/mol. The second-order valence-electron chi connectivity index (χ2n) is 6.60. The first kappa shape index (κ1) is 15.3. The van der Waals surface area contributed by atoms with Crippen molar-refractivity contribution < 1.29 is 14.3 Å². The van der Waals surface area contributed by atoms with E-state index in [-0.39, 0.29) is 30.4 Å². The molecular formula is C14H25N3O3. The number of carbonyl (C=O) groups excluding carboxylic acids is 2. The van der Waals surface area contributed by atoms with Gasteiger partial charge in [0.05, 0.1) is 12.6 Å². The molecule has 3 atom stereocenters. The lowest BCUT2D eigenvalue weighted by molar-refractivity contribution is -0.225. The van der Waals surface area contributed by atoms with Crippen LogP contribution in [0.5, 0.6) is 0 Å². The Morgan fingerprint density at radius 1 is 1.40 bits per heavy atom. The van der Waals surface area contributed by atoms with Gasteiger partial charge in [-0.1, -0.05) is 13.8 Å². The van der Waals surface area contributed by atoms with Crippen LogP contribution in [0.4, 0.5) is 0 Å².